The molecule has 0 spiro atoms. The average Bonchev–Trinajstić information content (AvgIpc) is 3.50. The van der Waals surface area contributed by atoms with Gasteiger partial charge < -0.3 is 9.26 Å². The van der Waals surface area contributed by atoms with E-state index in [4.69, 9.17) is 9.26 Å². The third-order valence-corrected chi connectivity index (χ3v) is 6.19. The summed E-state index contributed by atoms with van der Waals surface area (Å²) in [6.45, 7) is 4.76. The van der Waals surface area contributed by atoms with Gasteiger partial charge in [-0.25, -0.2) is 9.48 Å². The first-order valence-corrected chi connectivity index (χ1v) is 11.0. The number of non-ortho nitro benzene ring substituents is 1. The summed E-state index contributed by atoms with van der Waals surface area (Å²) in [5.41, 5.74) is 1.34. The van der Waals surface area contributed by atoms with Crippen molar-refractivity contribution < 1.29 is 23.8 Å². The molecule has 0 radical (unpaired) electrons. The van der Waals surface area contributed by atoms with Gasteiger partial charge in [-0.3, -0.25) is 19.5 Å². The number of ether oxygens (including phenoxy) is 1. The van der Waals surface area contributed by atoms with E-state index in [0.29, 0.717) is 32.9 Å². The number of nitro benzene ring substituents is 1. The second-order valence-electron chi connectivity index (χ2n) is 7.54. The minimum Gasteiger partial charge on any atom is -0.454 e. The lowest BCUT2D eigenvalue weighted by Gasteiger charge is -2.09. The predicted octanol–water partition coefficient (Wildman–Crippen LogP) is 3.01. The van der Waals surface area contributed by atoms with Gasteiger partial charge in [-0.05, 0) is 55.1 Å². The van der Waals surface area contributed by atoms with Gasteiger partial charge >= 0.3 is 5.97 Å². The molecule has 0 N–H and O–H groups in total. The van der Waals surface area contributed by atoms with Crippen LogP contribution in [0.1, 0.15) is 37.9 Å². The van der Waals surface area contributed by atoms with Crippen molar-refractivity contribution in [2.75, 3.05) is 6.61 Å². The Morgan fingerprint density at radius 1 is 1.17 bits per heavy atom. The van der Waals surface area contributed by atoms with Gasteiger partial charge in [0.25, 0.3) is 5.69 Å². The highest BCUT2D eigenvalue weighted by molar-refractivity contribution is 7.99. The average molecular weight is 497 g/mol. The van der Waals surface area contributed by atoms with E-state index in [9.17, 15) is 19.7 Å². The van der Waals surface area contributed by atoms with Crippen LogP contribution in [0.5, 0.6) is 0 Å². The van der Waals surface area contributed by atoms with Crippen LogP contribution in [0.25, 0.3) is 5.82 Å². The van der Waals surface area contributed by atoms with Crippen LogP contribution in [0.4, 0.5) is 5.69 Å². The Balaban J connectivity index is 1.55. The quantitative estimate of drug-likeness (QED) is 0.152. The fourth-order valence-corrected chi connectivity index (χ4v) is 4.26. The fraction of sp³-hybridized carbons (Fsp3) is 0.238. The van der Waals surface area contributed by atoms with Crippen molar-refractivity contribution in [1.82, 2.24) is 29.9 Å². The zero-order chi connectivity index (χ0) is 25.3. The number of rotatable bonds is 8. The molecule has 0 fully saturated rings. The van der Waals surface area contributed by atoms with Crippen LogP contribution in [0.15, 0.2) is 44.9 Å². The number of esters is 1. The van der Waals surface area contributed by atoms with Crippen LogP contribution >= 0.6 is 11.8 Å². The van der Waals surface area contributed by atoms with Crippen LogP contribution in [0.2, 0.25) is 0 Å². The Bertz CT molecular complexity index is 1450. The number of ketones is 1. The van der Waals surface area contributed by atoms with E-state index in [2.05, 4.69) is 20.7 Å². The number of hydrogen-bond donors (Lipinski definition) is 0. The van der Waals surface area contributed by atoms with E-state index in [-0.39, 0.29) is 11.3 Å². The Morgan fingerprint density at radius 2 is 1.94 bits per heavy atom. The number of aryl methyl sites for hydroxylation is 3. The number of carbonyl (C=O) groups excluding carboxylic acids is 2. The van der Waals surface area contributed by atoms with Crippen molar-refractivity contribution in [2.24, 2.45) is 7.05 Å². The summed E-state index contributed by atoms with van der Waals surface area (Å²) in [5.74, 6) is -0.169. The highest BCUT2D eigenvalue weighted by Crippen LogP contribution is 2.31. The van der Waals surface area contributed by atoms with Gasteiger partial charge in [0.2, 0.25) is 10.9 Å². The molecule has 0 saturated heterocycles. The summed E-state index contributed by atoms with van der Waals surface area (Å²) in [5, 5.41) is 26.7. The van der Waals surface area contributed by atoms with Crippen molar-refractivity contribution in [3.8, 4) is 5.82 Å². The van der Waals surface area contributed by atoms with Gasteiger partial charge in [-0.2, -0.15) is 0 Å². The molecule has 3 heterocycles. The molecule has 0 atom stereocenters. The maximum Gasteiger partial charge on any atom is 0.339 e. The SMILES string of the molecule is Cc1cc(-n2c(C)cc(C(=O)COC(=O)c3cc([N+](=O)[O-])ccc3Sc3nnnn3C)c2C)no1. The molecule has 0 aliphatic rings. The molecule has 35 heavy (non-hydrogen) atoms. The lowest BCUT2D eigenvalue weighted by Crippen LogP contribution is -2.16. The van der Waals surface area contributed by atoms with Crippen LogP contribution in [-0.2, 0) is 11.8 Å². The molecule has 3 aromatic heterocycles. The maximum absolute atomic E-state index is 12.9. The van der Waals surface area contributed by atoms with E-state index in [1.165, 1.54) is 16.8 Å². The molecule has 0 unspecified atom stereocenters. The Morgan fingerprint density at radius 3 is 2.57 bits per heavy atom. The van der Waals surface area contributed by atoms with Crippen LogP contribution in [-0.4, -0.2) is 53.2 Å². The zero-order valence-electron chi connectivity index (χ0n) is 19.1. The normalized spacial score (nSPS) is 11.0. The van der Waals surface area contributed by atoms with E-state index in [1.807, 2.05) is 6.92 Å². The lowest BCUT2D eigenvalue weighted by molar-refractivity contribution is -0.384. The van der Waals surface area contributed by atoms with E-state index in [1.54, 1.807) is 37.6 Å². The molecule has 4 aromatic rings. The number of aromatic nitrogens is 6. The highest BCUT2D eigenvalue weighted by Gasteiger charge is 2.23. The van der Waals surface area contributed by atoms with E-state index in [0.717, 1.165) is 23.5 Å². The summed E-state index contributed by atoms with van der Waals surface area (Å²) in [6.07, 6.45) is 0. The molecule has 13 nitrogen and oxygen atoms in total. The molecule has 0 amide bonds. The summed E-state index contributed by atoms with van der Waals surface area (Å²) >= 11 is 1.03. The number of carbonyl (C=O) groups is 2. The number of benzene rings is 1. The summed E-state index contributed by atoms with van der Waals surface area (Å²) in [4.78, 5) is 36.7. The molecular weight excluding hydrogens is 478 g/mol. The Labute approximate surface area is 202 Å². The molecule has 0 bridgehead atoms. The van der Waals surface area contributed by atoms with Crippen molar-refractivity contribution in [1.29, 1.82) is 0 Å². The molecule has 0 aliphatic carbocycles. The first-order valence-electron chi connectivity index (χ1n) is 10.2. The topological polar surface area (TPSA) is 161 Å². The number of nitro groups is 1. The second kappa shape index (κ2) is 9.50. The van der Waals surface area contributed by atoms with Gasteiger partial charge in [-0.1, -0.05) is 5.16 Å². The molecule has 4 rings (SSSR count). The third-order valence-electron chi connectivity index (χ3n) is 5.09. The monoisotopic (exact) mass is 497 g/mol. The molecule has 0 aliphatic heterocycles. The zero-order valence-corrected chi connectivity index (χ0v) is 19.9. The number of hydrogen-bond acceptors (Lipinski definition) is 11. The van der Waals surface area contributed by atoms with Crippen LogP contribution in [0, 0.1) is 30.9 Å². The number of nitrogens with zero attached hydrogens (tertiary/aromatic N) is 7. The first-order chi connectivity index (χ1) is 16.7. The van der Waals surface area contributed by atoms with Crippen molar-refractivity contribution in [2.45, 2.75) is 30.8 Å². The van der Waals surface area contributed by atoms with Gasteiger partial charge in [0, 0.05) is 47.1 Å². The van der Waals surface area contributed by atoms with Gasteiger partial charge in [0.15, 0.2) is 12.4 Å². The maximum atomic E-state index is 12.9. The van der Waals surface area contributed by atoms with Crippen molar-refractivity contribution >= 4 is 29.2 Å². The smallest absolute Gasteiger partial charge is 0.339 e. The summed E-state index contributed by atoms with van der Waals surface area (Å²) in [7, 11) is 1.61. The predicted molar refractivity (Wildman–Crippen MR) is 121 cm³/mol. The minimum absolute atomic E-state index is 0.0801. The fourth-order valence-electron chi connectivity index (χ4n) is 3.43. The van der Waals surface area contributed by atoms with Gasteiger partial charge in [-0.15, -0.1) is 5.10 Å². The van der Waals surface area contributed by atoms with Crippen LogP contribution < -0.4 is 0 Å². The van der Waals surface area contributed by atoms with Crippen molar-refractivity contribution in [3.05, 3.63) is 68.7 Å². The highest BCUT2D eigenvalue weighted by atomic mass is 32.2. The van der Waals surface area contributed by atoms with E-state index < -0.39 is 23.3 Å². The summed E-state index contributed by atoms with van der Waals surface area (Å²) < 4.78 is 13.5. The van der Waals surface area contributed by atoms with Crippen molar-refractivity contribution in [3.63, 3.8) is 0 Å². The molecule has 1 aromatic carbocycles. The van der Waals surface area contributed by atoms with Gasteiger partial charge in [0.1, 0.15) is 5.76 Å². The molecular formula is C21H19N7O6S. The summed E-state index contributed by atoms with van der Waals surface area (Å²) in [6, 6.07) is 7.17. The Kier molecular flexibility index (Phi) is 6.46. The van der Waals surface area contributed by atoms with Gasteiger partial charge in [0.05, 0.1) is 10.5 Å². The molecule has 180 valence electrons. The second-order valence-corrected chi connectivity index (χ2v) is 8.55. The Hall–Kier alpha value is -4.33. The lowest BCUT2D eigenvalue weighted by atomic mass is 10.1. The number of Topliss-reactive ketones (excluding diaryl/α,β-unsaturated/α-hetero) is 1. The molecule has 0 saturated carbocycles. The molecule has 14 heteroatoms. The first kappa shape index (κ1) is 23.8. The standard InChI is InChI=1S/C21H19N7O6S/c1-11-7-15(13(3)27(11)19-8-12(2)34-23-19)17(29)10-33-20(30)16-9-14(28(31)32)5-6-18(16)35-21-22-24-25-26(21)4/h5-9H,10H2,1-4H3. The largest absolute Gasteiger partial charge is 0.454 e. The third kappa shape index (κ3) is 4.82. The van der Waals surface area contributed by atoms with E-state index >= 15 is 0 Å². The van der Waals surface area contributed by atoms with Crippen LogP contribution in [0.3, 0.4) is 0 Å². The minimum atomic E-state index is -0.888. The number of tetrazole rings is 1.